The van der Waals surface area contributed by atoms with Crippen LogP contribution in [0.4, 0.5) is 5.69 Å². The third-order valence-corrected chi connectivity index (χ3v) is 4.13. The molecule has 128 valence electrons. The minimum atomic E-state index is -3.93. The lowest BCUT2D eigenvalue weighted by atomic mass is 10.3. The molecule has 0 atom stereocenters. The molecule has 0 unspecified atom stereocenters. The number of azo groups is 1. The highest BCUT2D eigenvalue weighted by Crippen LogP contribution is 2.18. The minimum absolute atomic E-state index is 0.262. The number of benzene rings is 1. The lowest BCUT2D eigenvalue weighted by Crippen LogP contribution is -2.38. The van der Waals surface area contributed by atoms with E-state index in [1.807, 2.05) is 53.2 Å². The third kappa shape index (κ3) is 6.05. The highest BCUT2D eigenvalue weighted by molar-refractivity contribution is 7.85. The minimum Gasteiger partial charge on any atom is -0.497 e. The third-order valence-electron chi connectivity index (χ3n) is 3.33. The smallest absolute Gasteiger partial charge is 0.265 e. The summed E-state index contributed by atoms with van der Waals surface area (Å²) >= 11 is 0. The summed E-state index contributed by atoms with van der Waals surface area (Å²) in [5.41, 5.74) is 1.63. The van der Waals surface area contributed by atoms with E-state index in [-0.39, 0.29) is 5.75 Å². The summed E-state index contributed by atoms with van der Waals surface area (Å²) in [6.07, 6.45) is 2.18. The quantitative estimate of drug-likeness (QED) is 0.450. The molecule has 0 saturated heterocycles. The molecular weight excluding hydrogens is 330 g/mol. The molecule has 0 amide bonds. The molecule has 1 aromatic heterocycles. The van der Waals surface area contributed by atoms with Gasteiger partial charge in [0.1, 0.15) is 18.8 Å². The zero-order valence-electron chi connectivity index (χ0n) is 13.4. The molecule has 0 aliphatic rings. The van der Waals surface area contributed by atoms with Crippen LogP contribution in [0.3, 0.4) is 0 Å². The zero-order valence-corrected chi connectivity index (χ0v) is 14.2. The maximum atomic E-state index is 10.8. The van der Waals surface area contributed by atoms with Gasteiger partial charge in [0, 0.05) is 18.6 Å². The van der Waals surface area contributed by atoms with E-state index >= 15 is 0 Å². The van der Waals surface area contributed by atoms with Crippen LogP contribution in [-0.2, 0) is 23.2 Å². The number of hydrogen-bond donors (Lipinski definition) is 1. The van der Waals surface area contributed by atoms with E-state index in [0.29, 0.717) is 19.5 Å². The average molecular weight is 350 g/mol. The fourth-order valence-electron chi connectivity index (χ4n) is 2.13. The Balaban J connectivity index is 1.97. The van der Waals surface area contributed by atoms with Crippen molar-refractivity contribution in [1.29, 1.82) is 0 Å². The molecule has 0 radical (unpaired) electrons. The summed E-state index contributed by atoms with van der Waals surface area (Å²) in [6.45, 7) is 0.854. The number of methoxy groups -OCH3 is 1. The van der Waals surface area contributed by atoms with Gasteiger partial charge >= 0.3 is 0 Å². The van der Waals surface area contributed by atoms with E-state index in [1.165, 1.54) is 0 Å². The van der Waals surface area contributed by atoms with E-state index in [9.17, 15) is 8.42 Å². The van der Waals surface area contributed by atoms with Crippen LogP contribution in [0.25, 0.3) is 0 Å². The van der Waals surface area contributed by atoms with Crippen molar-refractivity contribution < 1.29 is 22.3 Å². The van der Waals surface area contributed by atoms with Crippen LogP contribution in [-0.4, -0.2) is 25.8 Å². The number of aryl methyl sites for hydroxylation is 1. The molecule has 2 rings (SSSR count). The highest BCUT2D eigenvalue weighted by Gasteiger charge is 2.11. The molecule has 8 heteroatoms. The summed E-state index contributed by atoms with van der Waals surface area (Å²) in [4.78, 5) is 0. The van der Waals surface area contributed by atoms with Gasteiger partial charge in [-0.3, -0.25) is 4.55 Å². The fraction of sp³-hybridized carbons (Fsp3) is 0.312. The number of rotatable bonds is 8. The second-order valence-electron chi connectivity index (χ2n) is 5.12. The lowest BCUT2D eigenvalue weighted by Gasteiger charge is -2.01. The number of aromatic nitrogens is 1. The molecule has 1 aromatic carbocycles. The first-order chi connectivity index (χ1) is 11.5. The van der Waals surface area contributed by atoms with E-state index in [0.717, 1.165) is 17.1 Å². The summed E-state index contributed by atoms with van der Waals surface area (Å²) in [6, 6.07) is 12.9. The molecule has 0 bridgehead atoms. The Morgan fingerprint density at radius 2 is 1.92 bits per heavy atom. The van der Waals surface area contributed by atoms with Gasteiger partial charge in [-0.1, -0.05) is 6.07 Å². The van der Waals surface area contributed by atoms with Gasteiger partial charge in [-0.15, -0.1) is 0 Å². The molecule has 1 N–H and O–H groups in total. The normalized spacial score (nSPS) is 11.8. The molecule has 0 aliphatic heterocycles. The lowest BCUT2D eigenvalue weighted by molar-refractivity contribution is -0.704. The topological polar surface area (TPSA) is 92.2 Å². The Morgan fingerprint density at radius 3 is 2.58 bits per heavy atom. The van der Waals surface area contributed by atoms with Crippen LogP contribution in [0.5, 0.6) is 5.75 Å². The summed E-state index contributed by atoms with van der Waals surface area (Å²) in [7, 11) is -2.33. The first-order valence-electron chi connectivity index (χ1n) is 7.42. The van der Waals surface area contributed by atoms with Crippen molar-refractivity contribution in [3.05, 3.63) is 54.4 Å². The Labute approximate surface area is 141 Å². The predicted octanol–water partition coefficient (Wildman–Crippen LogP) is 2.54. The van der Waals surface area contributed by atoms with Gasteiger partial charge in [-0.25, -0.2) is 4.57 Å². The average Bonchev–Trinajstić information content (AvgIpc) is 2.56. The number of hydrogen-bond acceptors (Lipinski definition) is 5. The van der Waals surface area contributed by atoms with Crippen molar-refractivity contribution >= 4 is 15.8 Å². The molecule has 0 spiro atoms. The SMILES string of the molecule is COc1ccc(N=NCc2cccc[n+]2CCCS(=O)(=O)O)cc1. The van der Waals surface area contributed by atoms with Crippen molar-refractivity contribution in [3.8, 4) is 5.75 Å². The van der Waals surface area contributed by atoms with Crippen LogP contribution in [0.1, 0.15) is 12.1 Å². The Hall–Kier alpha value is -2.32. The van der Waals surface area contributed by atoms with E-state index in [2.05, 4.69) is 10.2 Å². The van der Waals surface area contributed by atoms with E-state index in [4.69, 9.17) is 9.29 Å². The second-order valence-corrected chi connectivity index (χ2v) is 6.69. The molecule has 1 heterocycles. The maximum absolute atomic E-state index is 10.8. The molecule has 7 nitrogen and oxygen atoms in total. The first kappa shape index (κ1) is 18.0. The standard InChI is InChI=1S/C16H19N3O4S/c1-23-16-8-6-14(7-9-16)18-17-13-15-5-2-3-10-19(15)11-4-12-24(20,21)22/h2-3,5-10H,4,11-13H2,1H3/p+1. The van der Waals surface area contributed by atoms with Gasteiger partial charge in [-0.05, 0) is 24.3 Å². The summed E-state index contributed by atoms with van der Waals surface area (Å²) < 4.78 is 37.3. The molecule has 24 heavy (non-hydrogen) atoms. The van der Waals surface area contributed by atoms with Crippen molar-refractivity contribution in [2.24, 2.45) is 10.2 Å². The van der Waals surface area contributed by atoms with Crippen molar-refractivity contribution in [2.75, 3.05) is 12.9 Å². The molecule has 0 saturated carbocycles. The van der Waals surface area contributed by atoms with Gasteiger partial charge < -0.3 is 4.74 Å². The monoisotopic (exact) mass is 350 g/mol. The van der Waals surface area contributed by atoms with Crippen LogP contribution < -0.4 is 9.30 Å². The predicted molar refractivity (Wildman–Crippen MR) is 88.9 cm³/mol. The molecular formula is C16H20N3O4S+. The first-order valence-corrected chi connectivity index (χ1v) is 9.03. The van der Waals surface area contributed by atoms with E-state index < -0.39 is 10.1 Å². The Morgan fingerprint density at radius 1 is 1.17 bits per heavy atom. The van der Waals surface area contributed by atoms with Crippen molar-refractivity contribution in [3.63, 3.8) is 0 Å². The number of ether oxygens (including phenoxy) is 1. The molecule has 0 fully saturated rings. The van der Waals surface area contributed by atoms with Crippen LogP contribution in [0.2, 0.25) is 0 Å². The largest absolute Gasteiger partial charge is 0.497 e. The zero-order chi connectivity index (χ0) is 17.4. The highest BCUT2D eigenvalue weighted by atomic mass is 32.2. The molecule has 0 aliphatic carbocycles. The van der Waals surface area contributed by atoms with Crippen molar-refractivity contribution in [1.82, 2.24) is 0 Å². The van der Waals surface area contributed by atoms with Gasteiger partial charge in [0.2, 0.25) is 5.69 Å². The maximum Gasteiger partial charge on any atom is 0.265 e. The summed E-state index contributed by atoms with van der Waals surface area (Å²) in [5.74, 6) is 0.496. The van der Waals surface area contributed by atoms with Gasteiger partial charge in [0.15, 0.2) is 6.20 Å². The van der Waals surface area contributed by atoms with Crippen LogP contribution in [0, 0.1) is 0 Å². The van der Waals surface area contributed by atoms with E-state index in [1.54, 1.807) is 7.11 Å². The number of nitrogens with zero attached hydrogens (tertiary/aromatic N) is 3. The Bertz CT molecular complexity index is 789. The number of pyridine rings is 1. The molecule has 2 aromatic rings. The van der Waals surface area contributed by atoms with Gasteiger partial charge in [-0.2, -0.15) is 18.6 Å². The van der Waals surface area contributed by atoms with Gasteiger partial charge in [0.05, 0.1) is 18.6 Å². The van der Waals surface area contributed by atoms with Crippen LogP contribution >= 0.6 is 0 Å². The Kier molecular flexibility index (Phi) is 6.39. The fourth-order valence-corrected chi connectivity index (χ4v) is 2.62. The summed E-state index contributed by atoms with van der Waals surface area (Å²) in [5, 5.41) is 8.34. The van der Waals surface area contributed by atoms with Crippen molar-refractivity contribution in [2.45, 2.75) is 19.5 Å². The second kappa shape index (κ2) is 8.51. The van der Waals surface area contributed by atoms with Crippen LogP contribution in [0.15, 0.2) is 58.9 Å². The van der Waals surface area contributed by atoms with Gasteiger partial charge in [0.25, 0.3) is 10.1 Å².